The summed E-state index contributed by atoms with van der Waals surface area (Å²) in [5, 5.41) is 4.72. The van der Waals surface area contributed by atoms with Crippen LogP contribution in [0, 0.1) is 0 Å². The van der Waals surface area contributed by atoms with Crippen molar-refractivity contribution in [2.45, 2.75) is 31.7 Å². The number of nitrogens with one attached hydrogen (secondary N) is 2. The van der Waals surface area contributed by atoms with Crippen LogP contribution in [0.2, 0.25) is 0 Å². The summed E-state index contributed by atoms with van der Waals surface area (Å²) in [6.07, 6.45) is 1.94. The normalized spacial score (nSPS) is 19.8. The Bertz CT molecular complexity index is 709. The van der Waals surface area contributed by atoms with Gasteiger partial charge in [0.2, 0.25) is 5.91 Å². The highest BCUT2D eigenvalue weighted by Gasteiger charge is 2.31. The molecule has 0 spiro atoms. The average Bonchev–Trinajstić information content (AvgIpc) is 3.05. The molecule has 1 fully saturated rings. The number of fused-ring (bicyclic) bond motifs is 1. The molecule has 128 valence electrons. The Hall–Kier alpha value is -2.41. The number of aromatic nitrogens is 1. The Labute approximate surface area is 140 Å². The lowest BCUT2D eigenvalue weighted by atomic mass is 9.96. The summed E-state index contributed by atoms with van der Waals surface area (Å²) in [5.74, 6) is 0.578. The minimum Gasteiger partial charge on any atom is -0.440 e. The molecular weight excluding hydrogens is 308 g/mol. The van der Waals surface area contributed by atoms with Gasteiger partial charge in [-0.1, -0.05) is 12.1 Å². The molecule has 7 heteroatoms. The van der Waals surface area contributed by atoms with Crippen molar-refractivity contribution >= 4 is 23.0 Å². The predicted molar refractivity (Wildman–Crippen MR) is 89.6 cm³/mol. The van der Waals surface area contributed by atoms with E-state index in [0.717, 1.165) is 36.4 Å². The minimum absolute atomic E-state index is 0.154. The van der Waals surface area contributed by atoms with Gasteiger partial charge in [0.05, 0.1) is 6.04 Å². The molecule has 3 amide bonds. The molecule has 2 atom stereocenters. The molecule has 0 aliphatic carbocycles. The number of carbonyl (C=O) groups is 2. The van der Waals surface area contributed by atoms with Crippen LogP contribution >= 0.6 is 0 Å². The van der Waals surface area contributed by atoms with Crippen molar-refractivity contribution < 1.29 is 14.0 Å². The van der Waals surface area contributed by atoms with Crippen molar-refractivity contribution in [2.75, 3.05) is 20.1 Å². The fraction of sp³-hybridized carbons (Fsp3) is 0.471. The van der Waals surface area contributed by atoms with E-state index in [1.807, 2.05) is 31.2 Å². The summed E-state index contributed by atoms with van der Waals surface area (Å²) in [6, 6.07) is 6.84. The number of hydrogen-bond acceptors (Lipinski definition) is 5. The molecule has 0 bridgehead atoms. The van der Waals surface area contributed by atoms with Gasteiger partial charge >= 0.3 is 6.03 Å². The van der Waals surface area contributed by atoms with Gasteiger partial charge in [-0.3, -0.25) is 15.0 Å². The highest BCUT2D eigenvalue weighted by atomic mass is 16.3. The van der Waals surface area contributed by atoms with Crippen LogP contribution in [0.1, 0.15) is 31.6 Å². The van der Waals surface area contributed by atoms with Crippen molar-refractivity contribution in [3.63, 3.8) is 0 Å². The lowest BCUT2D eigenvalue weighted by Gasteiger charge is -2.34. The summed E-state index contributed by atoms with van der Waals surface area (Å²) < 4.78 is 5.88. The average molecular weight is 330 g/mol. The summed E-state index contributed by atoms with van der Waals surface area (Å²) in [4.78, 5) is 30.1. The number of para-hydroxylation sites is 2. The van der Waals surface area contributed by atoms with Crippen LogP contribution in [0.25, 0.3) is 11.1 Å². The Kier molecular flexibility index (Phi) is 4.80. The van der Waals surface area contributed by atoms with Gasteiger partial charge in [-0.05, 0) is 38.4 Å². The number of nitrogens with zero attached hydrogens (tertiary/aromatic N) is 2. The fourth-order valence-electron chi connectivity index (χ4n) is 3.07. The third-order valence-corrected chi connectivity index (χ3v) is 4.50. The molecule has 0 unspecified atom stereocenters. The van der Waals surface area contributed by atoms with Crippen LogP contribution in [0.15, 0.2) is 28.7 Å². The standard InChI is InChI=1S/C17H22N4O3/c1-11(15(22)20-17(23)18-2)21-9-5-6-12(10-21)16-19-13-7-3-4-8-14(13)24-16/h3-4,7-8,11-12H,5-6,9-10H2,1-2H3,(H2,18,20,22,23)/t11-,12+/m0/s1. The predicted octanol–water partition coefficient (Wildman–Crippen LogP) is 1.85. The topological polar surface area (TPSA) is 87.5 Å². The number of likely N-dealkylation sites (tertiary alicyclic amines) is 1. The van der Waals surface area contributed by atoms with Gasteiger partial charge in [0.1, 0.15) is 5.52 Å². The summed E-state index contributed by atoms with van der Waals surface area (Å²) in [6.45, 7) is 3.32. The molecule has 1 aromatic heterocycles. The maximum absolute atomic E-state index is 12.1. The number of benzene rings is 1. The van der Waals surface area contributed by atoms with E-state index in [1.165, 1.54) is 7.05 Å². The molecule has 1 aliphatic rings. The second-order valence-corrected chi connectivity index (χ2v) is 6.10. The van der Waals surface area contributed by atoms with Gasteiger partial charge in [-0.25, -0.2) is 9.78 Å². The van der Waals surface area contributed by atoms with E-state index in [4.69, 9.17) is 4.42 Å². The van der Waals surface area contributed by atoms with Crippen molar-refractivity contribution in [1.82, 2.24) is 20.5 Å². The van der Waals surface area contributed by atoms with Crippen molar-refractivity contribution in [3.05, 3.63) is 30.2 Å². The molecule has 0 radical (unpaired) electrons. The van der Waals surface area contributed by atoms with Crippen molar-refractivity contribution in [1.29, 1.82) is 0 Å². The molecule has 3 rings (SSSR count). The maximum Gasteiger partial charge on any atom is 0.321 e. The highest BCUT2D eigenvalue weighted by molar-refractivity contribution is 5.96. The highest BCUT2D eigenvalue weighted by Crippen LogP contribution is 2.29. The zero-order valence-electron chi connectivity index (χ0n) is 13.9. The minimum atomic E-state index is -0.487. The van der Waals surface area contributed by atoms with Crippen LogP contribution < -0.4 is 10.6 Å². The quantitative estimate of drug-likeness (QED) is 0.897. The SMILES string of the molecule is CNC(=O)NC(=O)[C@H](C)N1CCC[C@@H](c2nc3ccccc3o2)C1. The van der Waals surface area contributed by atoms with Crippen LogP contribution in [0.4, 0.5) is 4.79 Å². The Balaban J connectivity index is 1.69. The first-order valence-corrected chi connectivity index (χ1v) is 8.20. The molecule has 0 saturated carbocycles. The first kappa shape index (κ1) is 16.4. The Morgan fingerprint density at radius 1 is 1.38 bits per heavy atom. The molecule has 2 N–H and O–H groups in total. The third kappa shape index (κ3) is 3.41. The van der Waals surface area contributed by atoms with E-state index in [2.05, 4.69) is 20.5 Å². The number of carbonyl (C=O) groups excluding carboxylic acids is 2. The second kappa shape index (κ2) is 7.00. The van der Waals surface area contributed by atoms with Crippen LogP contribution in [0.5, 0.6) is 0 Å². The molecule has 2 heterocycles. The van der Waals surface area contributed by atoms with E-state index in [0.29, 0.717) is 6.54 Å². The second-order valence-electron chi connectivity index (χ2n) is 6.10. The Morgan fingerprint density at radius 2 is 2.17 bits per heavy atom. The van der Waals surface area contributed by atoms with E-state index < -0.39 is 6.03 Å². The number of rotatable bonds is 3. The molecular formula is C17H22N4O3. The van der Waals surface area contributed by atoms with Crippen LogP contribution in [0.3, 0.4) is 0 Å². The van der Waals surface area contributed by atoms with Gasteiger partial charge in [-0.2, -0.15) is 0 Å². The first-order chi connectivity index (χ1) is 11.6. The lowest BCUT2D eigenvalue weighted by molar-refractivity contribution is -0.125. The van der Waals surface area contributed by atoms with Gasteiger partial charge in [0.15, 0.2) is 11.5 Å². The maximum atomic E-state index is 12.1. The summed E-state index contributed by atoms with van der Waals surface area (Å²) in [7, 11) is 1.48. The van der Waals surface area contributed by atoms with Crippen molar-refractivity contribution in [2.24, 2.45) is 0 Å². The van der Waals surface area contributed by atoms with Crippen LogP contribution in [-0.2, 0) is 4.79 Å². The molecule has 2 aromatic rings. The van der Waals surface area contributed by atoms with E-state index in [1.54, 1.807) is 0 Å². The van der Waals surface area contributed by atoms with Gasteiger partial charge in [0.25, 0.3) is 0 Å². The van der Waals surface area contributed by atoms with Gasteiger partial charge in [0, 0.05) is 19.5 Å². The molecule has 24 heavy (non-hydrogen) atoms. The number of amides is 3. The third-order valence-electron chi connectivity index (χ3n) is 4.50. The summed E-state index contributed by atoms with van der Waals surface area (Å²) in [5.41, 5.74) is 1.64. The lowest BCUT2D eigenvalue weighted by Crippen LogP contribution is -2.51. The number of piperidine rings is 1. The molecule has 1 saturated heterocycles. The van der Waals surface area contributed by atoms with Crippen molar-refractivity contribution in [3.8, 4) is 0 Å². The van der Waals surface area contributed by atoms with Crippen LogP contribution in [-0.4, -0.2) is 48.0 Å². The largest absolute Gasteiger partial charge is 0.440 e. The Morgan fingerprint density at radius 3 is 2.92 bits per heavy atom. The smallest absolute Gasteiger partial charge is 0.321 e. The molecule has 1 aromatic carbocycles. The number of hydrogen-bond donors (Lipinski definition) is 2. The molecule has 1 aliphatic heterocycles. The zero-order valence-corrected chi connectivity index (χ0v) is 13.9. The van der Waals surface area contributed by atoms with E-state index in [9.17, 15) is 9.59 Å². The number of oxazole rings is 1. The fourth-order valence-corrected chi connectivity index (χ4v) is 3.07. The monoisotopic (exact) mass is 330 g/mol. The molecule has 7 nitrogen and oxygen atoms in total. The van der Waals surface area contributed by atoms with Gasteiger partial charge < -0.3 is 9.73 Å². The van der Waals surface area contributed by atoms with E-state index in [-0.39, 0.29) is 17.9 Å². The zero-order chi connectivity index (χ0) is 17.1. The number of urea groups is 1. The van der Waals surface area contributed by atoms with E-state index >= 15 is 0 Å². The first-order valence-electron chi connectivity index (χ1n) is 8.20. The summed E-state index contributed by atoms with van der Waals surface area (Å²) >= 11 is 0. The van der Waals surface area contributed by atoms with Gasteiger partial charge in [-0.15, -0.1) is 0 Å². The number of imide groups is 1.